The van der Waals surface area contributed by atoms with Gasteiger partial charge in [0.2, 0.25) is 0 Å². The minimum absolute atomic E-state index is 0.332. The molecule has 1 saturated heterocycles. The van der Waals surface area contributed by atoms with Crippen molar-refractivity contribution in [2.45, 2.75) is 18.9 Å². The summed E-state index contributed by atoms with van der Waals surface area (Å²) in [5.74, 6) is 0.641. The molecular formula is C12H16N2O. The molecule has 0 atom stereocenters. The largest absolute Gasteiger partial charge is 0.383 e. The Morgan fingerprint density at radius 1 is 1.20 bits per heavy atom. The van der Waals surface area contributed by atoms with Crippen LogP contribution in [0.3, 0.4) is 0 Å². The fourth-order valence-corrected chi connectivity index (χ4v) is 1.69. The molecule has 0 unspecified atom stereocenters. The maximum absolute atomic E-state index is 5.94. The average molecular weight is 204 g/mol. The molecule has 0 amide bonds. The second kappa shape index (κ2) is 4.94. The van der Waals surface area contributed by atoms with Gasteiger partial charge < -0.3 is 10.5 Å². The molecule has 1 aromatic rings. The third-order valence-corrected chi connectivity index (χ3v) is 2.58. The molecule has 1 aliphatic rings. The van der Waals surface area contributed by atoms with Crippen LogP contribution in [0, 0.1) is 0 Å². The highest BCUT2D eigenvalue weighted by molar-refractivity contribution is 5.97. The van der Waals surface area contributed by atoms with Gasteiger partial charge in [-0.25, -0.2) is 0 Å². The Hall–Kier alpha value is -1.35. The molecule has 2 N–H and O–H groups in total. The van der Waals surface area contributed by atoms with Gasteiger partial charge >= 0.3 is 0 Å². The summed E-state index contributed by atoms with van der Waals surface area (Å²) in [7, 11) is 0. The lowest BCUT2D eigenvalue weighted by atomic mass is 10.1. The zero-order valence-electron chi connectivity index (χ0n) is 8.73. The summed E-state index contributed by atoms with van der Waals surface area (Å²) in [5, 5.41) is 0. The minimum atomic E-state index is 0.332. The molecular weight excluding hydrogens is 188 g/mol. The first kappa shape index (κ1) is 10.2. The van der Waals surface area contributed by atoms with E-state index in [-0.39, 0.29) is 0 Å². The Labute approximate surface area is 90.0 Å². The molecule has 1 fully saturated rings. The molecule has 2 rings (SSSR count). The fourth-order valence-electron chi connectivity index (χ4n) is 1.69. The van der Waals surface area contributed by atoms with Gasteiger partial charge in [0, 0.05) is 18.8 Å². The minimum Gasteiger partial charge on any atom is -0.383 e. The van der Waals surface area contributed by atoms with Gasteiger partial charge in [0.15, 0.2) is 0 Å². The van der Waals surface area contributed by atoms with Crippen LogP contribution < -0.4 is 5.73 Å². The second-order valence-corrected chi connectivity index (χ2v) is 3.72. The van der Waals surface area contributed by atoms with E-state index in [0.717, 1.165) is 31.6 Å². The first-order valence-corrected chi connectivity index (χ1v) is 5.33. The normalized spacial score (nSPS) is 19.1. The fraction of sp³-hybridized carbons (Fsp3) is 0.417. The van der Waals surface area contributed by atoms with Gasteiger partial charge in [-0.1, -0.05) is 30.3 Å². The third kappa shape index (κ3) is 2.80. The number of nitrogens with two attached hydrogens (primary N) is 1. The predicted molar refractivity (Wildman–Crippen MR) is 61.0 cm³/mol. The van der Waals surface area contributed by atoms with E-state index in [9.17, 15) is 0 Å². The summed E-state index contributed by atoms with van der Waals surface area (Å²) < 4.78 is 5.28. The molecule has 0 aliphatic carbocycles. The zero-order valence-corrected chi connectivity index (χ0v) is 8.73. The zero-order chi connectivity index (χ0) is 10.5. The monoisotopic (exact) mass is 204 g/mol. The van der Waals surface area contributed by atoms with E-state index in [4.69, 9.17) is 10.5 Å². The maximum Gasteiger partial charge on any atom is 0.125 e. The molecule has 0 spiro atoms. The molecule has 3 heteroatoms. The van der Waals surface area contributed by atoms with Crippen molar-refractivity contribution in [2.24, 2.45) is 10.7 Å². The van der Waals surface area contributed by atoms with E-state index in [1.54, 1.807) is 0 Å². The number of aliphatic imine (C=N–C) groups is 1. The summed E-state index contributed by atoms with van der Waals surface area (Å²) in [6.07, 6.45) is 1.96. The van der Waals surface area contributed by atoms with E-state index in [1.807, 2.05) is 30.3 Å². The number of nitrogens with zero attached hydrogens (tertiary/aromatic N) is 1. The molecule has 15 heavy (non-hydrogen) atoms. The quantitative estimate of drug-likeness (QED) is 0.587. The van der Waals surface area contributed by atoms with E-state index < -0.39 is 0 Å². The number of amidine groups is 1. The van der Waals surface area contributed by atoms with Crippen LogP contribution in [0.4, 0.5) is 0 Å². The van der Waals surface area contributed by atoms with Crippen molar-refractivity contribution in [3.8, 4) is 0 Å². The Bertz CT molecular complexity index is 329. The molecule has 0 bridgehead atoms. The Morgan fingerprint density at radius 2 is 1.87 bits per heavy atom. The van der Waals surface area contributed by atoms with E-state index in [2.05, 4.69) is 4.99 Å². The number of rotatable bonds is 2. The van der Waals surface area contributed by atoms with Crippen molar-refractivity contribution in [2.75, 3.05) is 13.2 Å². The van der Waals surface area contributed by atoms with Crippen LogP contribution >= 0.6 is 0 Å². The Morgan fingerprint density at radius 3 is 2.53 bits per heavy atom. The van der Waals surface area contributed by atoms with Crippen LogP contribution in [0.5, 0.6) is 0 Å². The smallest absolute Gasteiger partial charge is 0.125 e. The summed E-state index contributed by atoms with van der Waals surface area (Å²) >= 11 is 0. The average Bonchev–Trinajstić information content (AvgIpc) is 2.31. The number of hydrogen-bond acceptors (Lipinski definition) is 2. The van der Waals surface area contributed by atoms with Crippen LogP contribution in [0.1, 0.15) is 18.4 Å². The number of ether oxygens (including phenoxy) is 1. The number of benzene rings is 1. The molecule has 1 aliphatic heterocycles. The highest BCUT2D eigenvalue weighted by Crippen LogP contribution is 2.11. The highest BCUT2D eigenvalue weighted by Gasteiger charge is 2.12. The topological polar surface area (TPSA) is 47.6 Å². The lowest BCUT2D eigenvalue weighted by Crippen LogP contribution is -2.23. The lowest BCUT2D eigenvalue weighted by molar-refractivity contribution is 0.0871. The molecule has 1 heterocycles. The summed E-state index contributed by atoms with van der Waals surface area (Å²) in [4.78, 5) is 4.52. The van der Waals surface area contributed by atoms with Gasteiger partial charge in [-0.15, -0.1) is 0 Å². The molecule has 1 aromatic carbocycles. The molecule has 0 saturated carbocycles. The van der Waals surface area contributed by atoms with Gasteiger partial charge in [-0.2, -0.15) is 0 Å². The van der Waals surface area contributed by atoms with Crippen LogP contribution in [0.25, 0.3) is 0 Å². The van der Waals surface area contributed by atoms with Gasteiger partial charge in [0.1, 0.15) is 5.84 Å². The molecule has 3 nitrogen and oxygen atoms in total. The van der Waals surface area contributed by atoms with Gasteiger partial charge in [-0.3, -0.25) is 4.99 Å². The van der Waals surface area contributed by atoms with E-state index >= 15 is 0 Å². The third-order valence-electron chi connectivity index (χ3n) is 2.58. The lowest BCUT2D eigenvalue weighted by Gasteiger charge is -2.18. The van der Waals surface area contributed by atoms with Crippen molar-refractivity contribution in [3.63, 3.8) is 0 Å². The molecule has 0 radical (unpaired) electrons. The van der Waals surface area contributed by atoms with Gasteiger partial charge in [-0.05, 0) is 12.8 Å². The SMILES string of the molecule is NC(=NC1CCOCC1)c1ccccc1. The standard InChI is InChI=1S/C12H16N2O/c13-12(10-4-2-1-3-5-10)14-11-6-8-15-9-7-11/h1-5,11H,6-9H2,(H2,13,14). The van der Waals surface area contributed by atoms with Crippen molar-refractivity contribution in [1.29, 1.82) is 0 Å². The van der Waals surface area contributed by atoms with Crippen LogP contribution in [-0.2, 0) is 4.74 Å². The predicted octanol–water partition coefficient (Wildman–Crippen LogP) is 1.57. The second-order valence-electron chi connectivity index (χ2n) is 3.72. The van der Waals surface area contributed by atoms with Crippen molar-refractivity contribution >= 4 is 5.84 Å². The maximum atomic E-state index is 5.94. The van der Waals surface area contributed by atoms with Crippen molar-refractivity contribution < 1.29 is 4.74 Å². The first-order chi connectivity index (χ1) is 7.36. The van der Waals surface area contributed by atoms with Crippen molar-refractivity contribution in [3.05, 3.63) is 35.9 Å². The van der Waals surface area contributed by atoms with Gasteiger partial charge in [0.25, 0.3) is 0 Å². The first-order valence-electron chi connectivity index (χ1n) is 5.33. The van der Waals surface area contributed by atoms with Crippen LogP contribution in [-0.4, -0.2) is 25.1 Å². The van der Waals surface area contributed by atoms with E-state index in [0.29, 0.717) is 11.9 Å². The Kier molecular flexibility index (Phi) is 3.35. The summed E-state index contributed by atoms with van der Waals surface area (Å²) in [6, 6.07) is 10.2. The van der Waals surface area contributed by atoms with Crippen LogP contribution in [0.2, 0.25) is 0 Å². The summed E-state index contributed by atoms with van der Waals surface area (Å²) in [5.41, 5.74) is 6.94. The Balaban J connectivity index is 2.06. The summed E-state index contributed by atoms with van der Waals surface area (Å²) in [6.45, 7) is 1.60. The molecule has 80 valence electrons. The highest BCUT2D eigenvalue weighted by atomic mass is 16.5. The molecule has 0 aromatic heterocycles. The van der Waals surface area contributed by atoms with Crippen LogP contribution in [0.15, 0.2) is 35.3 Å². The number of hydrogen-bond donors (Lipinski definition) is 1. The van der Waals surface area contributed by atoms with Crippen molar-refractivity contribution in [1.82, 2.24) is 0 Å². The van der Waals surface area contributed by atoms with Gasteiger partial charge in [0.05, 0.1) is 6.04 Å². The van der Waals surface area contributed by atoms with E-state index in [1.165, 1.54) is 0 Å².